The predicted molar refractivity (Wildman–Crippen MR) is 102 cm³/mol. The van der Waals surface area contributed by atoms with Gasteiger partial charge < -0.3 is 31.2 Å². The number of alkyl halides is 3. The fraction of sp³-hybridized carbons (Fsp3) is 0.550. The van der Waals surface area contributed by atoms with Gasteiger partial charge in [-0.2, -0.15) is 0 Å². The van der Waals surface area contributed by atoms with Crippen LogP contribution in [0.2, 0.25) is 0 Å². The topological polar surface area (TPSA) is 145 Å². The highest BCUT2D eigenvalue weighted by molar-refractivity contribution is 5.80. The van der Waals surface area contributed by atoms with Crippen molar-refractivity contribution in [2.24, 2.45) is 17.4 Å². The highest BCUT2D eigenvalue weighted by atomic mass is 19.4. The van der Waals surface area contributed by atoms with Gasteiger partial charge in [0.2, 0.25) is 11.8 Å². The van der Waals surface area contributed by atoms with Crippen LogP contribution in [0.1, 0.15) is 31.7 Å². The van der Waals surface area contributed by atoms with Crippen molar-refractivity contribution in [3.63, 3.8) is 0 Å². The highest BCUT2D eigenvalue weighted by Gasteiger charge is 2.48. The first-order chi connectivity index (χ1) is 14.3. The molecule has 0 aliphatic carbocycles. The molecule has 2 rings (SSSR count). The maximum atomic E-state index is 12.5. The maximum absolute atomic E-state index is 12.5. The number of hydrogen-bond donors (Lipinski definition) is 4. The van der Waals surface area contributed by atoms with E-state index in [2.05, 4.69) is 4.74 Å². The Morgan fingerprint density at radius 2 is 1.97 bits per heavy atom. The van der Waals surface area contributed by atoms with Crippen LogP contribution >= 0.6 is 0 Å². The Labute approximate surface area is 177 Å². The Bertz CT molecular complexity index is 790. The molecule has 0 bridgehead atoms. The molecule has 6 N–H and O–H groups in total. The van der Waals surface area contributed by atoms with E-state index in [1.165, 1.54) is 24.6 Å². The third-order valence-electron chi connectivity index (χ3n) is 5.17. The van der Waals surface area contributed by atoms with Crippen molar-refractivity contribution in [2.45, 2.75) is 62.9 Å². The molecule has 1 radical (unpaired) electrons. The van der Waals surface area contributed by atoms with E-state index >= 15 is 0 Å². The molecular weight excluding hydrogens is 421 g/mol. The molecular formula is C20H26F3N2O6. The standard InChI is InChI=1S/C20H26F3N2O6/c1-11-9-19(29,10-16(30-11)18(25)28)14(17(24)27)8-13(26)7-6-12-4-2-3-5-15(12)31-20(21,22)23/h2-5,7,11,13-14,16,26,29H,6,8-10H2,1H3,(H2,24,27)(H2,25,28). The Hall–Kier alpha value is -2.37. The van der Waals surface area contributed by atoms with Gasteiger partial charge in [-0.25, -0.2) is 0 Å². The molecule has 1 fully saturated rings. The van der Waals surface area contributed by atoms with Crippen LogP contribution in [0.15, 0.2) is 24.3 Å². The lowest BCUT2D eigenvalue weighted by Crippen LogP contribution is -2.56. The van der Waals surface area contributed by atoms with Gasteiger partial charge in [-0.15, -0.1) is 13.2 Å². The number of rotatable bonds is 9. The molecule has 0 aromatic heterocycles. The highest BCUT2D eigenvalue weighted by Crippen LogP contribution is 2.37. The molecule has 5 unspecified atom stereocenters. The average molecular weight is 447 g/mol. The maximum Gasteiger partial charge on any atom is 0.573 e. The lowest BCUT2D eigenvalue weighted by atomic mass is 9.74. The fourth-order valence-electron chi connectivity index (χ4n) is 3.83. The Morgan fingerprint density at radius 1 is 1.32 bits per heavy atom. The van der Waals surface area contributed by atoms with Crippen LogP contribution in [0.3, 0.4) is 0 Å². The van der Waals surface area contributed by atoms with Gasteiger partial charge in [0.1, 0.15) is 11.9 Å². The van der Waals surface area contributed by atoms with Crippen LogP contribution in [0, 0.1) is 12.3 Å². The number of aliphatic hydroxyl groups is 2. The zero-order chi connectivity index (χ0) is 23.4. The first-order valence-corrected chi connectivity index (χ1v) is 9.62. The number of nitrogens with two attached hydrogens (primary N) is 2. The SMILES string of the molecule is CC1CC(O)(C(CC(O)[CH]Cc2ccccc2OC(F)(F)F)C(N)=O)CC(C(N)=O)O1. The molecule has 0 saturated carbocycles. The number of ether oxygens (including phenoxy) is 2. The summed E-state index contributed by atoms with van der Waals surface area (Å²) in [7, 11) is 0. The van der Waals surface area contributed by atoms with E-state index in [9.17, 15) is 33.0 Å². The van der Waals surface area contributed by atoms with Gasteiger partial charge in [-0.05, 0) is 37.8 Å². The number of carbonyl (C=O) groups is 2. The van der Waals surface area contributed by atoms with Crippen molar-refractivity contribution in [1.82, 2.24) is 0 Å². The summed E-state index contributed by atoms with van der Waals surface area (Å²) in [5.74, 6) is -3.35. The summed E-state index contributed by atoms with van der Waals surface area (Å²) in [4.78, 5) is 23.6. The summed E-state index contributed by atoms with van der Waals surface area (Å²) in [6.07, 6.45) is -7.26. The van der Waals surface area contributed by atoms with Gasteiger partial charge in [0.05, 0.1) is 23.7 Å². The van der Waals surface area contributed by atoms with Gasteiger partial charge in [-0.1, -0.05) is 18.2 Å². The summed E-state index contributed by atoms with van der Waals surface area (Å²) in [6, 6.07) is 5.44. The molecule has 1 aromatic carbocycles. The largest absolute Gasteiger partial charge is 0.573 e. The molecule has 8 nitrogen and oxygen atoms in total. The minimum atomic E-state index is -4.87. The van der Waals surface area contributed by atoms with Crippen LogP contribution in [0.4, 0.5) is 13.2 Å². The molecule has 1 aromatic rings. The molecule has 31 heavy (non-hydrogen) atoms. The minimum absolute atomic E-state index is 0.0145. The van der Waals surface area contributed by atoms with Gasteiger partial charge in [0.15, 0.2) is 0 Å². The summed E-state index contributed by atoms with van der Waals surface area (Å²) >= 11 is 0. The third-order valence-corrected chi connectivity index (χ3v) is 5.17. The number of benzene rings is 1. The zero-order valence-corrected chi connectivity index (χ0v) is 16.8. The average Bonchev–Trinajstić information content (AvgIpc) is 2.63. The van der Waals surface area contributed by atoms with E-state index < -0.39 is 53.8 Å². The van der Waals surface area contributed by atoms with Gasteiger partial charge in [0.25, 0.3) is 0 Å². The molecule has 1 aliphatic rings. The second-order valence-electron chi connectivity index (χ2n) is 7.70. The van der Waals surface area contributed by atoms with Crippen molar-refractivity contribution in [2.75, 3.05) is 0 Å². The van der Waals surface area contributed by atoms with E-state index in [-0.39, 0.29) is 31.2 Å². The summed E-state index contributed by atoms with van der Waals surface area (Å²) in [5.41, 5.74) is 9.13. The van der Waals surface area contributed by atoms with Crippen molar-refractivity contribution >= 4 is 11.8 Å². The van der Waals surface area contributed by atoms with Crippen LogP contribution in [0.25, 0.3) is 0 Å². The van der Waals surface area contributed by atoms with Crippen LogP contribution in [-0.2, 0) is 20.7 Å². The fourth-order valence-corrected chi connectivity index (χ4v) is 3.83. The van der Waals surface area contributed by atoms with Crippen LogP contribution in [-0.4, -0.2) is 52.3 Å². The number of carbonyl (C=O) groups excluding carboxylic acids is 2. The third kappa shape index (κ3) is 7.08. The van der Waals surface area contributed by atoms with Crippen molar-refractivity contribution in [1.29, 1.82) is 0 Å². The number of halogens is 3. The lowest BCUT2D eigenvalue weighted by molar-refractivity contribution is -0.274. The molecule has 0 spiro atoms. The van der Waals surface area contributed by atoms with Crippen molar-refractivity contribution in [3.8, 4) is 5.75 Å². The molecule has 11 heteroatoms. The minimum Gasteiger partial charge on any atom is -0.406 e. The van der Waals surface area contributed by atoms with E-state index in [1.54, 1.807) is 6.92 Å². The molecule has 5 atom stereocenters. The zero-order valence-electron chi connectivity index (χ0n) is 16.8. The predicted octanol–water partition coefficient (Wildman–Crippen LogP) is 0.968. The monoisotopic (exact) mass is 447 g/mol. The number of hydrogen-bond acceptors (Lipinski definition) is 6. The first kappa shape index (κ1) is 24.9. The smallest absolute Gasteiger partial charge is 0.406 e. The summed E-state index contributed by atoms with van der Waals surface area (Å²) in [5, 5.41) is 21.4. The Morgan fingerprint density at radius 3 is 2.55 bits per heavy atom. The van der Waals surface area contributed by atoms with E-state index in [4.69, 9.17) is 16.2 Å². The summed E-state index contributed by atoms with van der Waals surface area (Å²) in [6.45, 7) is 1.60. The van der Waals surface area contributed by atoms with E-state index in [0.29, 0.717) is 0 Å². The normalized spacial score (nSPS) is 26.1. The number of amides is 2. The van der Waals surface area contributed by atoms with Gasteiger partial charge >= 0.3 is 6.36 Å². The molecule has 1 saturated heterocycles. The van der Waals surface area contributed by atoms with Crippen LogP contribution in [0.5, 0.6) is 5.75 Å². The molecule has 173 valence electrons. The summed E-state index contributed by atoms with van der Waals surface area (Å²) < 4.78 is 47.0. The molecule has 2 amide bonds. The molecule has 1 aliphatic heterocycles. The molecule has 1 heterocycles. The van der Waals surface area contributed by atoms with Crippen molar-refractivity contribution < 1.29 is 42.4 Å². The Balaban J connectivity index is 2.08. The quantitative estimate of drug-likeness (QED) is 0.444. The first-order valence-electron chi connectivity index (χ1n) is 9.62. The Kier molecular flexibility index (Phi) is 7.90. The van der Waals surface area contributed by atoms with Gasteiger partial charge in [0, 0.05) is 12.8 Å². The lowest BCUT2D eigenvalue weighted by Gasteiger charge is -2.43. The number of aliphatic hydroxyl groups excluding tert-OH is 1. The number of primary amides is 2. The van der Waals surface area contributed by atoms with Gasteiger partial charge in [-0.3, -0.25) is 9.59 Å². The van der Waals surface area contributed by atoms with Crippen molar-refractivity contribution in [3.05, 3.63) is 36.2 Å². The second kappa shape index (κ2) is 9.84. The van der Waals surface area contributed by atoms with E-state index in [0.717, 1.165) is 6.07 Å². The van der Waals surface area contributed by atoms with Crippen LogP contribution < -0.4 is 16.2 Å². The van der Waals surface area contributed by atoms with E-state index in [1.807, 2.05) is 0 Å². The number of para-hydroxylation sites is 1. The second-order valence-corrected chi connectivity index (χ2v) is 7.70.